The van der Waals surface area contributed by atoms with Crippen molar-refractivity contribution < 1.29 is 26.7 Å². The van der Waals surface area contributed by atoms with E-state index in [0.29, 0.717) is 5.56 Å². The molecule has 2 heterocycles. The van der Waals surface area contributed by atoms with Gasteiger partial charge in [0.1, 0.15) is 5.82 Å². The molecule has 1 aromatic carbocycles. The van der Waals surface area contributed by atoms with Crippen LogP contribution in [0.1, 0.15) is 11.3 Å². The monoisotopic (exact) mass is 428 g/mol. The standard InChI is InChI=1S/C17H15F3N4O4S/c1-10-15(25)24(16(26)23(10)9-11-6-7-22-14(21)8-11)12-2-4-13(5-3-12)29(27,28)17(18,19)20/h2-8,25H,9H2,1H3,(H2,21,22). The Kier molecular flexibility index (Phi) is 4.91. The maximum absolute atomic E-state index is 12.8. The molecule has 3 aromatic rings. The largest absolute Gasteiger partial charge is 0.501 e. The molecular weight excluding hydrogens is 413 g/mol. The van der Waals surface area contributed by atoms with Crippen LogP contribution in [0.25, 0.3) is 5.69 Å². The molecule has 0 saturated carbocycles. The van der Waals surface area contributed by atoms with E-state index < -0.39 is 31.8 Å². The SMILES string of the molecule is Cc1c(O)n(-c2ccc(S(=O)(=O)C(F)(F)F)cc2)c(=O)n1Cc1ccnc(N)c1. The summed E-state index contributed by atoms with van der Waals surface area (Å²) >= 11 is 0. The fraction of sp³-hybridized carbons (Fsp3) is 0.176. The molecule has 0 atom stereocenters. The van der Waals surface area contributed by atoms with Crippen LogP contribution in [0, 0.1) is 6.92 Å². The third-order valence-corrected chi connectivity index (χ3v) is 5.76. The molecule has 2 aromatic heterocycles. The molecule has 3 rings (SSSR count). The van der Waals surface area contributed by atoms with Crippen LogP contribution < -0.4 is 11.4 Å². The number of rotatable bonds is 4. The molecule has 0 unspecified atom stereocenters. The highest BCUT2D eigenvalue weighted by molar-refractivity contribution is 7.92. The van der Waals surface area contributed by atoms with Crippen LogP contribution >= 0.6 is 0 Å². The zero-order chi connectivity index (χ0) is 21.6. The summed E-state index contributed by atoms with van der Waals surface area (Å²) in [5, 5.41) is 10.4. The first-order valence-electron chi connectivity index (χ1n) is 8.07. The molecule has 0 radical (unpaired) electrons. The molecule has 0 aliphatic heterocycles. The summed E-state index contributed by atoms with van der Waals surface area (Å²) < 4.78 is 63.0. The van der Waals surface area contributed by atoms with Gasteiger partial charge in [0.25, 0.3) is 9.84 Å². The molecule has 154 valence electrons. The molecule has 0 bridgehead atoms. The number of sulfone groups is 1. The van der Waals surface area contributed by atoms with Crippen molar-refractivity contribution in [2.75, 3.05) is 5.73 Å². The summed E-state index contributed by atoms with van der Waals surface area (Å²) in [6.45, 7) is 1.55. The second kappa shape index (κ2) is 6.95. The van der Waals surface area contributed by atoms with Gasteiger partial charge in [0, 0.05) is 6.20 Å². The lowest BCUT2D eigenvalue weighted by Gasteiger charge is -2.09. The minimum absolute atomic E-state index is 0.00437. The third kappa shape index (κ3) is 3.58. The summed E-state index contributed by atoms with van der Waals surface area (Å²) in [5.74, 6) is -0.179. The molecule has 29 heavy (non-hydrogen) atoms. The highest BCUT2D eigenvalue weighted by Crippen LogP contribution is 2.31. The Balaban J connectivity index is 2.03. The smallest absolute Gasteiger partial charge is 0.493 e. The Morgan fingerprint density at radius 2 is 1.79 bits per heavy atom. The lowest BCUT2D eigenvalue weighted by molar-refractivity contribution is -0.0436. The average molecular weight is 428 g/mol. The first-order valence-corrected chi connectivity index (χ1v) is 9.55. The van der Waals surface area contributed by atoms with Gasteiger partial charge < -0.3 is 10.8 Å². The van der Waals surface area contributed by atoms with E-state index in [1.54, 1.807) is 12.1 Å². The normalized spacial score (nSPS) is 12.3. The molecule has 0 aliphatic rings. The summed E-state index contributed by atoms with van der Waals surface area (Å²) in [5.41, 5.74) is 0.358. The van der Waals surface area contributed by atoms with Gasteiger partial charge in [-0.15, -0.1) is 0 Å². The van der Waals surface area contributed by atoms with Crippen LogP contribution in [-0.2, 0) is 16.4 Å². The topological polar surface area (TPSA) is 120 Å². The minimum Gasteiger partial charge on any atom is -0.493 e. The van der Waals surface area contributed by atoms with E-state index in [1.807, 2.05) is 0 Å². The van der Waals surface area contributed by atoms with Crippen LogP contribution in [0.5, 0.6) is 5.88 Å². The minimum atomic E-state index is -5.52. The number of nitrogens with zero attached hydrogens (tertiary/aromatic N) is 3. The molecule has 0 saturated heterocycles. The number of hydrogen-bond acceptors (Lipinski definition) is 6. The van der Waals surface area contributed by atoms with E-state index >= 15 is 0 Å². The number of pyridine rings is 1. The Labute approximate surface area is 162 Å². The molecule has 0 spiro atoms. The predicted molar refractivity (Wildman–Crippen MR) is 97.4 cm³/mol. The van der Waals surface area contributed by atoms with E-state index in [1.165, 1.54) is 17.7 Å². The molecule has 0 aliphatic carbocycles. The van der Waals surface area contributed by atoms with E-state index in [0.717, 1.165) is 28.8 Å². The first kappa shape index (κ1) is 20.5. The second-order valence-corrected chi connectivity index (χ2v) is 8.09. The van der Waals surface area contributed by atoms with E-state index in [4.69, 9.17) is 5.73 Å². The fourth-order valence-electron chi connectivity index (χ4n) is 2.74. The van der Waals surface area contributed by atoms with Crippen LogP contribution in [0.3, 0.4) is 0 Å². The Hall–Kier alpha value is -3.28. The van der Waals surface area contributed by atoms with Gasteiger partial charge in [-0.3, -0.25) is 4.57 Å². The fourth-order valence-corrected chi connectivity index (χ4v) is 3.50. The zero-order valence-electron chi connectivity index (χ0n) is 14.9. The first-order chi connectivity index (χ1) is 13.4. The maximum Gasteiger partial charge on any atom is 0.501 e. The number of nitrogen functional groups attached to an aromatic ring is 1. The number of alkyl halides is 3. The number of benzene rings is 1. The van der Waals surface area contributed by atoms with Gasteiger partial charge in [-0.2, -0.15) is 13.2 Å². The van der Waals surface area contributed by atoms with Crippen LogP contribution in [0.4, 0.5) is 19.0 Å². The number of aromatic hydroxyl groups is 1. The van der Waals surface area contributed by atoms with Gasteiger partial charge in [0.15, 0.2) is 0 Å². The van der Waals surface area contributed by atoms with Crippen LogP contribution in [0.2, 0.25) is 0 Å². The van der Waals surface area contributed by atoms with Gasteiger partial charge in [-0.1, -0.05) is 0 Å². The highest BCUT2D eigenvalue weighted by atomic mass is 32.2. The van der Waals surface area contributed by atoms with Crippen LogP contribution in [0.15, 0.2) is 52.3 Å². The highest BCUT2D eigenvalue weighted by Gasteiger charge is 2.46. The second-order valence-electron chi connectivity index (χ2n) is 6.15. The summed E-state index contributed by atoms with van der Waals surface area (Å²) in [4.78, 5) is 15.6. The van der Waals surface area contributed by atoms with Crippen molar-refractivity contribution in [1.29, 1.82) is 0 Å². The zero-order valence-corrected chi connectivity index (χ0v) is 15.7. The Morgan fingerprint density at radius 3 is 2.34 bits per heavy atom. The molecular formula is C17H15F3N4O4S. The number of imidazole rings is 1. The molecule has 12 heteroatoms. The average Bonchev–Trinajstić information content (AvgIpc) is 2.84. The lowest BCUT2D eigenvalue weighted by atomic mass is 10.2. The Morgan fingerprint density at radius 1 is 1.17 bits per heavy atom. The van der Waals surface area contributed by atoms with E-state index in [-0.39, 0.29) is 23.7 Å². The van der Waals surface area contributed by atoms with Crippen LogP contribution in [-0.4, -0.2) is 33.2 Å². The summed E-state index contributed by atoms with van der Waals surface area (Å²) in [6, 6.07) is 6.65. The summed E-state index contributed by atoms with van der Waals surface area (Å²) in [7, 11) is -5.52. The van der Waals surface area contributed by atoms with E-state index in [9.17, 15) is 31.5 Å². The Bertz CT molecular complexity index is 1230. The third-order valence-electron chi connectivity index (χ3n) is 4.26. The van der Waals surface area contributed by atoms with E-state index in [2.05, 4.69) is 4.98 Å². The van der Waals surface area contributed by atoms with Crippen molar-refractivity contribution in [2.45, 2.75) is 23.9 Å². The molecule has 0 fully saturated rings. The van der Waals surface area contributed by atoms with Crippen molar-refractivity contribution in [1.82, 2.24) is 14.1 Å². The molecule has 0 amide bonds. The van der Waals surface area contributed by atoms with Gasteiger partial charge >= 0.3 is 11.2 Å². The van der Waals surface area contributed by atoms with Gasteiger partial charge in [0.05, 0.1) is 22.8 Å². The van der Waals surface area contributed by atoms with Gasteiger partial charge in [0.2, 0.25) is 5.88 Å². The maximum atomic E-state index is 12.8. The van der Waals surface area contributed by atoms with Gasteiger partial charge in [-0.05, 0) is 48.9 Å². The quantitative estimate of drug-likeness (QED) is 0.656. The molecule has 8 nitrogen and oxygen atoms in total. The number of anilines is 1. The van der Waals surface area contributed by atoms with Crippen molar-refractivity contribution in [3.05, 3.63) is 64.3 Å². The van der Waals surface area contributed by atoms with Crippen molar-refractivity contribution in [3.8, 4) is 11.6 Å². The summed E-state index contributed by atoms with van der Waals surface area (Å²) in [6.07, 6.45) is 1.46. The predicted octanol–water partition coefficient (Wildman–Crippen LogP) is 1.97. The number of aromatic nitrogens is 3. The van der Waals surface area contributed by atoms with Crippen molar-refractivity contribution in [2.24, 2.45) is 0 Å². The number of hydrogen-bond donors (Lipinski definition) is 2. The van der Waals surface area contributed by atoms with Crippen molar-refractivity contribution in [3.63, 3.8) is 0 Å². The van der Waals surface area contributed by atoms with Crippen molar-refractivity contribution >= 4 is 15.7 Å². The number of nitrogens with two attached hydrogens (primary N) is 1. The van der Waals surface area contributed by atoms with Gasteiger partial charge in [-0.25, -0.2) is 22.8 Å². The molecule has 3 N–H and O–H groups in total. The lowest BCUT2D eigenvalue weighted by Crippen LogP contribution is -2.25. The number of halogens is 3.